The van der Waals surface area contributed by atoms with Gasteiger partial charge in [0.1, 0.15) is 19.0 Å². The van der Waals surface area contributed by atoms with Crippen LogP contribution in [0.5, 0.6) is 17.2 Å². The maximum Gasteiger partial charge on any atom is 0.429 e. The highest BCUT2D eigenvalue weighted by molar-refractivity contribution is 5.75. The Labute approximate surface area is 164 Å². The highest BCUT2D eigenvalue weighted by atomic mass is 19.4. The monoisotopic (exact) mass is 407 g/mol. The van der Waals surface area contributed by atoms with Crippen molar-refractivity contribution in [2.75, 3.05) is 13.2 Å². The molecule has 1 aliphatic rings. The van der Waals surface area contributed by atoms with Crippen molar-refractivity contribution >= 4 is 5.97 Å². The van der Waals surface area contributed by atoms with Crippen LogP contribution in [-0.2, 0) is 9.53 Å². The highest BCUT2D eigenvalue weighted by Gasteiger charge is 2.45. The molecule has 0 fully saturated rings. The maximum absolute atomic E-state index is 13.6. The molecule has 0 radical (unpaired) electrons. The van der Waals surface area contributed by atoms with Crippen LogP contribution in [-0.4, -0.2) is 31.5 Å². The number of benzene rings is 2. The van der Waals surface area contributed by atoms with Gasteiger partial charge in [-0.15, -0.1) is 0 Å². The number of esters is 1. The van der Waals surface area contributed by atoms with Gasteiger partial charge >= 0.3 is 12.1 Å². The van der Waals surface area contributed by atoms with Crippen LogP contribution >= 0.6 is 0 Å². The van der Waals surface area contributed by atoms with Gasteiger partial charge in [0, 0.05) is 5.56 Å². The molecule has 0 spiro atoms. The molecule has 9 heteroatoms. The van der Waals surface area contributed by atoms with Crippen LogP contribution < -0.4 is 14.2 Å². The van der Waals surface area contributed by atoms with E-state index >= 15 is 0 Å². The van der Waals surface area contributed by atoms with E-state index in [2.05, 4.69) is 0 Å². The average molecular weight is 407 g/mol. The molecule has 1 heterocycles. The largest absolute Gasteiger partial charge is 0.486 e. The summed E-state index contributed by atoms with van der Waals surface area (Å²) < 4.78 is 61.3. The summed E-state index contributed by atoms with van der Waals surface area (Å²) >= 11 is 0. The average Bonchev–Trinajstić information content (AvgIpc) is 2.71. The van der Waals surface area contributed by atoms with Gasteiger partial charge in [0.15, 0.2) is 17.6 Å². The second kappa shape index (κ2) is 8.31. The number of ether oxygens (including phenoxy) is 4. The molecule has 0 amide bonds. The quantitative estimate of drug-likeness (QED) is 0.699. The van der Waals surface area contributed by atoms with Crippen LogP contribution in [0, 0.1) is 11.3 Å². The van der Waals surface area contributed by atoms with Crippen molar-refractivity contribution in [2.24, 2.45) is 0 Å². The summed E-state index contributed by atoms with van der Waals surface area (Å²) in [7, 11) is 0. The second-order valence-corrected chi connectivity index (χ2v) is 6.16. The van der Waals surface area contributed by atoms with E-state index < -0.39 is 24.4 Å². The zero-order valence-corrected chi connectivity index (χ0v) is 15.2. The third kappa shape index (κ3) is 4.90. The predicted molar refractivity (Wildman–Crippen MR) is 93.6 cm³/mol. The van der Waals surface area contributed by atoms with Gasteiger partial charge in [-0.1, -0.05) is 6.07 Å². The number of carbonyl (C=O) groups is 1. The third-order valence-corrected chi connectivity index (χ3v) is 4.03. The number of carbonyl (C=O) groups excluding carboxylic acids is 1. The summed E-state index contributed by atoms with van der Waals surface area (Å²) in [5.41, 5.74) is 0.0870. The Kier molecular flexibility index (Phi) is 5.82. The van der Waals surface area contributed by atoms with Gasteiger partial charge in [-0.05, 0) is 43.3 Å². The van der Waals surface area contributed by atoms with E-state index in [1.54, 1.807) is 0 Å². The number of hydrogen-bond donors (Lipinski definition) is 0. The number of nitrogens with zero attached hydrogens (tertiary/aromatic N) is 1. The highest BCUT2D eigenvalue weighted by Crippen LogP contribution is 2.40. The Balaban J connectivity index is 1.74. The summed E-state index contributed by atoms with van der Waals surface area (Å²) in [6, 6.07) is 11.4. The number of alkyl halides is 3. The zero-order valence-electron chi connectivity index (χ0n) is 15.2. The van der Waals surface area contributed by atoms with Crippen molar-refractivity contribution in [3.63, 3.8) is 0 Å². The molecule has 2 aromatic rings. The minimum absolute atomic E-state index is 0.154. The summed E-state index contributed by atoms with van der Waals surface area (Å²) in [6.45, 7) is 1.79. The lowest BCUT2D eigenvalue weighted by Crippen LogP contribution is -2.33. The topological polar surface area (TPSA) is 77.8 Å². The van der Waals surface area contributed by atoms with E-state index in [-0.39, 0.29) is 23.7 Å². The van der Waals surface area contributed by atoms with E-state index in [9.17, 15) is 18.0 Å². The van der Waals surface area contributed by atoms with Crippen LogP contribution in [0.1, 0.15) is 24.2 Å². The molecule has 6 nitrogen and oxygen atoms in total. The molecule has 0 saturated heterocycles. The van der Waals surface area contributed by atoms with Crippen LogP contribution in [0.15, 0.2) is 42.5 Å². The lowest BCUT2D eigenvalue weighted by molar-refractivity contribution is -0.227. The minimum atomic E-state index is -4.84. The maximum atomic E-state index is 13.6. The van der Waals surface area contributed by atoms with E-state index in [4.69, 9.17) is 24.2 Å². The molecule has 29 heavy (non-hydrogen) atoms. The first-order valence-corrected chi connectivity index (χ1v) is 8.61. The van der Waals surface area contributed by atoms with Crippen LogP contribution in [0.3, 0.4) is 0 Å². The van der Waals surface area contributed by atoms with E-state index in [1.807, 2.05) is 6.07 Å². The van der Waals surface area contributed by atoms with E-state index in [1.165, 1.54) is 43.3 Å². The summed E-state index contributed by atoms with van der Waals surface area (Å²) in [6.07, 6.45) is -8.63. The molecule has 0 aromatic heterocycles. The molecule has 0 N–H and O–H groups in total. The molecule has 152 valence electrons. The summed E-state index contributed by atoms with van der Waals surface area (Å²) in [4.78, 5) is 12.2. The Morgan fingerprint density at radius 3 is 2.38 bits per heavy atom. The van der Waals surface area contributed by atoms with Crippen LogP contribution in [0.2, 0.25) is 0 Å². The number of nitriles is 1. The lowest BCUT2D eigenvalue weighted by atomic mass is 10.1. The van der Waals surface area contributed by atoms with Crippen LogP contribution in [0.25, 0.3) is 0 Å². The fourth-order valence-corrected chi connectivity index (χ4v) is 2.62. The number of fused-ring (bicyclic) bond motifs is 1. The Morgan fingerprint density at radius 2 is 1.76 bits per heavy atom. The lowest BCUT2D eigenvalue weighted by Gasteiger charge is -2.25. The van der Waals surface area contributed by atoms with Gasteiger partial charge in [-0.25, -0.2) is 4.79 Å². The van der Waals surface area contributed by atoms with Gasteiger partial charge in [0.2, 0.25) is 6.10 Å². The first kappa shape index (κ1) is 20.3. The first-order valence-electron chi connectivity index (χ1n) is 8.61. The molecular weight excluding hydrogens is 391 g/mol. The van der Waals surface area contributed by atoms with Crippen molar-refractivity contribution in [3.8, 4) is 23.3 Å². The minimum Gasteiger partial charge on any atom is -0.486 e. The van der Waals surface area contributed by atoms with Gasteiger partial charge < -0.3 is 18.9 Å². The number of halogens is 3. The Morgan fingerprint density at radius 1 is 1.10 bits per heavy atom. The summed E-state index contributed by atoms with van der Waals surface area (Å²) in [5, 5.41) is 8.77. The summed E-state index contributed by atoms with van der Waals surface area (Å²) in [5.74, 6) is -0.492. The van der Waals surface area contributed by atoms with Gasteiger partial charge in [-0.2, -0.15) is 18.4 Å². The van der Waals surface area contributed by atoms with Crippen molar-refractivity contribution in [2.45, 2.75) is 25.3 Å². The van der Waals surface area contributed by atoms with Crippen molar-refractivity contribution < 1.29 is 36.9 Å². The van der Waals surface area contributed by atoms with E-state index in [0.29, 0.717) is 17.9 Å². The number of rotatable bonds is 5. The SMILES string of the molecule is C[C@H](Oc1ccc(C#N)cc1)C(=O)O[C@H](c1ccc2c(c1)OCCO2)C(F)(F)F. The third-order valence-electron chi connectivity index (χ3n) is 4.03. The van der Waals surface area contributed by atoms with Gasteiger partial charge in [0.05, 0.1) is 11.6 Å². The van der Waals surface area contributed by atoms with Crippen LogP contribution in [0.4, 0.5) is 13.2 Å². The van der Waals surface area contributed by atoms with Crippen molar-refractivity contribution in [1.29, 1.82) is 5.26 Å². The molecule has 0 unspecified atom stereocenters. The Bertz CT molecular complexity index is 921. The van der Waals surface area contributed by atoms with Gasteiger partial charge in [0.25, 0.3) is 0 Å². The molecule has 0 saturated carbocycles. The molecule has 3 rings (SSSR count). The van der Waals surface area contributed by atoms with Gasteiger partial charge in [-0.3, -0.25) is 0 Å². The molecule has 2 aromatic carbocycles. The van der Waals surface area contributed by atoms with Crippen molar-refractivity contribution in [1.82, 2.24) is 0 Å². The smallest absolute Gasteiger partial charge is 0.429 e. The molecule has 1 aliphatic heterocycles. The first-order chi connectivity index (χ1) is 13.8. The molecule has 2 atom stereocenters. The zero-order chi connectivity index (χ0) is 21.0. The molecular formula is C20H16F3NO5. The van der Waals surface area contributed by atoms with Crippen molar-refractivity contribution in [3.05, 3.63) is 53.6 Å². The molecule has 0 aliphatic carbocycles. The fourth-order valence-electron chi connectivity index (χ4n) is 2.62. The van der Waals surface area contributed by atoms with E-state index in [0.717, 1.165) is 6.07 Å². The fraction of sp³-hybridized carbons (Fsp3) is 0.300. The second-order valence-electron chi connectivity index (χ2n) is 6.16. The molecule has 0 bridgehead atoms. The predicted octanol–water partition coefficient (Wildman–Crippen LogP) is 3.94. The standard InChI is InChI=1S/C20H16F3NO5/c1-12(28-15-5-2-13(11-24)3-6-15)19(25)29-18(20(21,22)23)14-4-7-16-17(10-14)27-9-8-26-16/h2-7,10,12,18H,8-9H2,1H3/t12-,18+/m0/s1. The Hall–Kier alpha value is -3.41. The number of hydrogen-bond acceptors (Lipinski definition) is 6. The normalized spacial score (nSPS) is 15.0.